The highest BCUT2D eigenvalue weighted by atomic mass is 32.2. The molecule has 0 saturated carbocycles. The lowest BCUT2D eigenvalue weighted by atomic mass is 9.99. The maximum Gasteiger partial charge on any atom is 0.223 e. The van der Waals surface area contributed by atoms with Gasteiger partial charge >= 0.3 is 0 Å². The fourth-order valence-corrected chi connectivity index (χ4v) is 4.04. The summed E-state index contributed by atoms with van der Waals surface area (Å²) in [6, 6.07) is 2.22. The lowest BCUT2D eigenvalue weighted by Gasteiger charge is -2.34. The van der Waals surface area contributed by atoms with Crippen LogP contribution in [0.2, 0.25) is 0 Å². The minimum atomic E-state index is 0.107. The molecule has 1 aromatic rings. The average molecular weight is 324 g/mol. The van der Waals surface area contributed by atoms with E-state index in [0.29, 0.717) is 19.8 Å². The third-order valence-electron chi connectivity index (χ3n) is 4.48. The third-order valence-corrected chi connectivity index (χ3v) is 5.42. The highest BCUT2D eigenvalue weighted by Gasteiger charge is 2.26. The van der Waals surface area contributed by atoms with Crippen LogP contribution in [-0.2, 0) is 9.53 Å². The Kier molecular flexibility index (Phi) is 5.81. The molecule has 5 nitrogen and oxygen atoms in total. The second-order valence-corrected chi connectivity index (χ2v) is 7.08. The molecule has 2 aliphatic rings. The number of thioether (sulfide) groups is 1. The van der Waals surface area contributed by atoms with Crippen molar-refractivity contribution in [3.63, 3.8) is 0 Å². The van der Waals surface area contributed by atoms with Gasteiger partial charge in [0.1, 0.15) is 0 Å². The number of hydrogen-bond acceptors (Lipinski definition) is 5. The van der Waals surface area contributed by atoms with Crippen molar-refractivity contribution in [1.82, 2.24) is 10.2 Å². The Labute approximate surface area is 135 Å². The van der Waals surface area contributed by atoms with Crippen LogP contribution in [0.5, 0.6) is 0 Å². The van der Waals surface area contributed by atoms with Gasteiger partial charge in [0.05, 0.1) is 18.6 Å². The standard InChI is InChI=1S/C16H24N2O3S/c19-16(13-1-6-20-7-2-13)17-11-15(14-3-8-21-12-14)18-4-9-22-10-5-18/h3,8,12-13,15H,1-2,4-7,9-11H2,(H,17,19)/t15-/m1/s1. The monoisotopic (exact) mass is 324 g/mol. The normalized spacial score (nSPS) is 22.4. The Morgan fingerprint density at radius 3 is 2.82 bits per heavy atom. The Balaban J connectivity index is 1.58. The van der Waals surface area contributed by atoms with E-state index in [0.717, 1.165) is 43.0 Å². The van der Waals surface area contributed by atoms with Gasteiger partial charge in [-0.1, -0.05) is 0 Å². The van der Waals surface area contributed by atoms with Gasteiger partial charge in [-0.3, -0.25) is 9.69 Å². The van der Waals surface area contributed by atoms with Crippen molar-refractivity contribution in [2.45, 2.75) is 18.9 Å². The van der Waals surface area contributed by atoms with Gasteiger partial charge in [0.15, 0.2) is 0 Å². The number of carbonyl (C=O) groups is 1. The zero-order chi connectivity index (χ0) is 15.2. The second-order valence-electron chi connectivity index (χ2n) is 5.85. The summed E-state index contributed by atoms with van der Waals surface area (Å²) in [4.78, 5) is 14.8. The van der Waals surface area contributed by atoms with Crippen LogP contribution < -0.4 is 5.32 Å². The molecule has 1 aromatic heterocycles. The molecule has 0 spiro atoms. The van der Waals surface area contributed by atoms with Crippen LogP contribution in [0, 0.1) is 5.92 Å². The molecule has 0 bridgehead atoms. The van der Waals surface area contributed by atoms with E-state index in [-0.39, 0.29) is 17.9 Å². The van der Waals surface area contributed by atoms with Gasteiger partial charge in [-0.15, -0.1) is 0 Å². The molecular formula is C16H24N2O3S. The number of nitrogens with zero attached hydrogens (tertiary/aromatic N) is 1. The number of rotatable bonds is 5. The minimum absolute atomic E-state index is 0.107. The summed E-state index contributed by atoms with van der Waals surface area (Å²) in [7, 11) is 0. The largest absolute Gasteiger partial charge is 0.472 e. The first-order chi connectivity index (χ1) is 10.8. The molecule has 2 aliphatic heterocycles. The van der Waals surface area contributed by atoms with E-state index in [9.17, 15) is 4.79 Å². The minimum Gasteiger partial charge on any atom is -0.472 e. The Morgan fingerprint density at radius 1 is 1.36 bits per heavy atom. The fourth-order valence-electron chi connectivity index (χ4n) is 3.11. The molecular weight excluding hydrogens is 300 g/mol. The van der Waals surface area contributed by atoms with E-state index in [4.69, 9.17) is 9.15 Å². The summed E-state index contributed by atoms with van der Waals surface area (Å²) in [5, 5.41) is 3.15. The molecule has 0 aromatic carbocycles. The SMILES string of the molecule is O=C(NC[C@H](c1ccoc1)N1CCSCC1)C1CCOCC1. The van der Waals surface area contributed by atoms with Crippen molar-refractivity contribution < 1.29 is 13.9 Å². The van der Waals surface area contributed by atoms with Crippen LogP contribution in [0.4, 0.5) is 0 Å². The van der Waals surface area contributed by atoms with Crippen LogP contribution in [-0.4, -0.2) is 55.2 Å². The van der Waals surface area contributed by atoms with Crippen LogP contribution >= 0.6 is 11.8 Å². The van der Waals surface area contributed by atoms with Crippen molar-refractivity contribution in [1.29, 1.82) is 0 Å². The molecule has 0 aliphatic carbocycles. The quantitative estimate of drug-likeness (QED) is 0.897. The van der Waals surface area contributed by atoms with Gasteiger partial charge in [0.2, 0.25) is 5.91 Å². The first-order valence-corrected chi connectivity index (χ1v) is 9.19. The smallest absolute Gasteiger partial charge is 0.223 e. The van der Waals surface area contributed by atoms with Crippen molar-refractivity contribution in [3.8, 4) is 0 Å². The fraction of sp³-hybridized carbons (Fsp3) is 0.688. The van der Waals surface area contributed by atoms with E-state index in [1.54, 1.807) is 12.5 Å². The lowest BCUT2D eigenvalue weighted by molar-refractivity contribution is -0.128. The molecule has 1 amide bonds. The molecule has 0 unspecified atom stereocenters. The van der Waals surface area contributed by atoms with Gasteiger partial charge in [0, 0.05) is 55.8 Å². The van der Waals surface area contributed by atoms with Gasteiger partial charge in [-0.2, -0.15) is 11.8 Å². The maximum absolute atomic E-state index is 12.3. The van der Waals surface area contributed by atoms with Gasteiger partial charge in [-0.05, 0) is 18.9 Å². The molecule has 1 atom stereocenters. The first-order valence-electron chi connectivity index (χ1n) is 8.04. The molecule has 2 fully saturated rings. The van der Waals surface area contributed by atoms with Crippen molar-refractivity contribution in [2.24, 2.45) is 5.92 Å². The molecule has 3 rings (SSSR count). The summed E-state index contributed by atoms with van der Waals surface area (Å²) >= 11 is 1.99. The lowest BCUT2D eigenvalue weighted by Crippen LogP contribution is -2.43. The maximum atomic E-state index is 12.3. The molecule has 6 heteroatoms. The summed E-state index contributed by atoms with van der Waals surface area (Å²) < 4.78 is 10.6. The van der Waals surface area contributed by atoms with Crippen LogP contribution in [0.15, 0.2) is 23.0 Å². The molecule has 3 heterocycles. The number of nitrogens with one attached hydrogen (secondary N) is 1. The van der Waals surface area contributed by atoms with E-state index < -0.39 is 0 Å². The second kappa shape index (κ2) is 8.04. The Morgan fingerprint density at radius 2 is 2.14 bits per heavy atom. The average Bonchev–Trinajstić information content (AvgIpc) is 3.11. The third kappa shape index (κ3) is 4.06. The van der Waals surface area contributed by atoms with Crippen LogP contribution in [0.3, 0.4) is 0 Å². The van der Waals surface area contributed by atoms with Crippen molar-refractivity contribution in [2.75, 3.05) is 44.4 Å². The molecule has 122 valence electrons. The topological polar surface area (TPSA) is 54.7 Å². The zero-order valence-corrected chi connectivity index (χ0v) is 13.6. The summed E-state index contributed by atoms with van der Waals surface area (Å²) in [5.41, 5.74) is 1.15. The van der Waals surface area contributed by atoms with E-state index in [2.05, 4.69) is 10.2 Å². The predicted molar refractivity (Wildman–Crippen MR) is 86.9 cm³/mol. The number of amides is 1. The molecule has 22 heavy (non-hydrogen) atoms. The van der Waals surface area contributed by atoms with Gasteiger partial charge in [-0.25, -0.2) is 0 Å². The van der Waals surface area contributed by atoms with E-state index in [1.165, 1.54) is 0 Å². The number of carbonyl (C=O) groups excluding carboxylic acids is 1. The molecule has 0 radical (unpaired) electrons. The van der Waals surface area contributed by atoms with E-state index >= 15 is 0 Å². The zero-order valence-electron chi connectivity index (χ0n) is 12.8. The summed E-state index contributed by atoms with van der Waals surface area (Å²) in [6.45, 7) is 4.18. The van der Waals surface area contributed by atoms with Gasteiger partial charge in [0.25, 0.3) is 0 Å². The number of ether oxygens (including phenoxy) is 1. The summed E-state index contributed by atoms with van der Waals surface area (Å²) in [6.07, 6.45) is 5.18. The number of hydrogen-bond donors (Lipinski definition) is 1. The van der Waals surface area contributed by atoms with E-state index in [1.807, 2.05) is 17.8 Å². The molecule has 2 saturated heterocycles. The highest BCUT2D eigenvalue weighted by Crippen LogP contribution is 2.24. The van der Waals surface area contributed by atoms with Crippen molar-refractivity contribution >= 4 is 17.7 Å². The van der Waals surface area contributed by atoms with Gasteiger partial charge < -0.3 is 14.5 Å². The predicted octanol–water partition coefficient (Wildman–Crippen LogP) is 1.91. The van der Waals surface area contributed by atoms with Crippen molar-refractivity contribution in [3.05, 3.63) is 24.2 Å². The van der Waals surface area contributed by atoms with Crippen LogP contribution in [0.25, 0.3) is 0 Å². The number of furan rings is 1. The molecule has 1 N–H and O–H groups in total. The highest BCUT2D eigenvalue weighted by molar-refractivity contribution is 7.99. The Bertz CT molecular complexity index is 454. The first kappa shape index (κ1) is 15.9. The Hall–Kier alpha value is -0.980. The van der Waals surface area contributed by atoms with Crippen LogP contribution in [0.1, 0.15) is 24.4 Å². The summed E-state index contributed by atoms with van der Waals surface area (Å²) in [5.74, 6) is 2.59.